The van der Waals surface area contributed by atoms with Crippen molar-refractivity contribution in [2.45, 2.75) is 32.3 Å². The molecule has 1 nitrogen and oxygen atoms in total. The summed E-state index contributed by atoms with van der Waals surface area (Å²) in [7, 11) is 0. The molecule has 1 unspecified atom stereocenters. The van der Waals surface area contributed by atoms with E-state index in [-0.39, 0.29) is 5.41 Å². The summed E-state index contributed by atoms with van der Waals surface area (Å²) in [5, 5.41) is 9.60. The molecular weight excluding hydrogens is 172 g/mol. The Morgan fingerprint density at radius 1 is 1.36 bits per heavy atom. The van der Waals surface area contributed by atoms with Gasteiger partial charge in [-0.3, -0.25) is 0 Å². The topological polar surface area (TPSA) is 20.2 Å². The Morgan fingerprint density at radius 3 is 2.50 bits per heavy atom. The number of aliphatic hydroxyl groups is 1. The molecule has 0 bridgehead atoms. The molecule has 1 heteroatoms. The van der Waals surface area contributed by atoms with Crippen molar-refractivity contribution in [3.05, 3.63) is 48.0 Å². The van der Waals surface area contributed by atoms with Crippen LogP contribution in [0.25, 0.3) is 0 Å². The summed E-state index contributed by atoms with van der Waals surface area (Å²) in [6.07, 6.45) is 0.985. The van der Waals surface area contributed by atoms with Crippen LogP contribution in [0.15, 0.2) is 36.9 Å². The van der Waals surface area contributed by atoms with Crippen LogP contribution in [0.2, 0.25) is 0 Å². The highest BCUT2D eigenvalue weighted by Crippen LogP contribution is 2.25. The van der Waals surface area contributed by atoms with Crippen LogP contribution in [0.4, 0.5) is 0 Å². The number of rotatable bonds is 2. The second-order valence-electron chi connectivity index (χ2n) is 4.56. The molecule has 0 fully saturated rings. The maximum absolute atomic E-state index is 9.60. The molecule has 1 rings (SSSR count). The summed E-state index contributed by atoms with van der Waals surface area (Å²) in [6, 6.07) is 8.01. The van der Waals surface area contributed by atoms with Gasteiger partial charge in [-0.25, -0.2) is 0 Å². The van der Waals surface area contributed by atoms with Crippen LogP contribution in [0.1, 0.15) is 38.0 Å². The first-order valence-corrected chi connectivity index (χ1v) is 4.86. The molecular formula is C13H18O. The number of hydrogen-bond donors (Lipinski definition) is 1. The fourth-order valence-corrected chi connectivity index (χ4v) is 1.33. The Labute approximate surface area is 86.1 Å². The minimum atomic E-state index is -0.558. The minimum Gasteiger partial charge on any atom is -0.384 e. The second kappa shape index (κ2) is 3.97. The molecule has 0 aliphatic heterocycles. The molecule has 0 radical (unpaired) electrons. The van der Waals surface area contributed by atoms with E-state index in [0.29, 0.717) is 0 Å². The van der Waals surface area contributed by atoms with Crippen molar-refractivity contribution >= 4 is 0 Å². The van der Waals surface area contributed by atoms with Crippen molar-refractivity contribution in [3.8, 4) is 0 Å². The lowest BCUT2D eigenvalue weighted by atomic mass is 9.86. The largest absolute Gasteiger partial charge is 0.384 e. The first-order chi connectivity index (χ1) is 6.45. The zero-order valence-corrected chi connectivity index (χ0v) is 9.12. The molecule has 76 valence electrons. The van der Waals surface area contributed by atoms with E-state index in [9.17, 15) is 5.11 Å². The van der Waals surface area contributed by atoms with Crippen molar-refractivity contribution in [3.63, 3.8) is 0 Å². The molecule has 1 aromatic rings. The quantitative estimate of drug-likeness (QED) is 0.710. The van der Waals surface area contributed by atoms with E-state index in [4.69, 9.17) is 0 Å². The maximum atomic E-state index is 9.60. The smallest absolute Gasteiger partial charge is 0.0969 e. The lowest BCUT2D eigenvalue weighted by Gasteiger charge is -2.20. The van der Waals surface area contributed by atoms with Gasteiger partial charge in [-0.15, -0.1) is 6.58 Å². The van der Waals surface area contributed by atoms with Crippen molar-refractivity contribution in [2.24, 2.45) is 0 Å². The van der Waals surface area contributed by atoms with Crippen LogP contribution in [0.3, 0.4) is 0 Å². The standard InChI is InChI=1S/C13H18O/c1-5-12(14)10-7-6-8-11(9-10)13(2,3)4/h5-9,12,14H,1H2,2-4H3. The van der Waals surface area contributed by atoms with Crippen LogP contribution in [-0.4, -0.2) is 5.11 Å². The predicted octanol–water partition coefficient (Wildman–Crippen LogP) is 3.20. The lowest BCUT2D eigenvalue weighted by molar-refractivity contribution is 0.229. The van der Waals surface area contributed by atoms with Gasteiger partial charge in [0.25, 0.3) is 0 Å². The molecule has 0 aliphatic carbocycles. The van der Waals surface area contributed by atoms with Crippen molar-refractivity contribution in [1.82, 2.24) is 0 Å². The predicted molar refractivity (Wildman–Crippen MR) is 60.3 cm³/mol. The van der Waals surface area contributed by atoms with Crippen LogP contribution < -0.4 is 0 Å². The molecule has 0 heterocycles. The van der Waals surface area contributed by atoms with E-state index in [0.717, 1.165) is 5.56 Å². The van der Waals surface area contributed by atoms with Gasteiger partial charge < -0.3 is 5.11 Å². The minimum absolute atomic E-state index is 0.122. The molecule has 1 aromatic carbocycles. The number of aliphatic hydroxyl groups excluding tert-OH is 1. The first kappa shape index (κ1) is 11.0. The molecule has 1 atom stereocenters. The average molecular weight is 190 g/mol. The van der Waals surface area contributed by atoms with Gasteiger partial charge in [-0.05, 0) is 16.5 Å². The molecule has 1 N–H and O–H groups in total. The van der Waals surface area contributed by atoms with E-state index in [2.05, 4.69) is 33.4 Å². The van der Waals surface area contributed by atoms with E-state index in [1.54, 1.807) is 6.08 Å². The van der Waals surface area contributed by atoms with Gasteiger partial charge in [0.2, 0.25) is 0 Å². The van der Waals surface area contributed by atoms with Gasteiger partial charge in [-0.1, -0.05) is 51.1 Å². The zero-order chi connectivity index (χ0) is 10.8. The fraction of sp³-hybridized carbons (Fsp3) is 0.385. The molecule has 0 spiro atoms. The zero-order valence-electron chi connectivity index (χ0n) is 9.12. The molecule has 0 amide bonds. The summed E-state index contributed by atoms with van der Waals surface area (Å²) in [4.78, 5) is 0. The van der Waals surface area contributed by atoms with Gasteiger partial charge in [-0.2, -0.15) is 0 Å². The summed E-state index contributed by atoms with van der Waals surface area (Å²) in [6.45, 7) is 10.1. The average Bonchev–Trinajstić information content (AvgIpc) is 2.15. The third-order valence-electron chi connectivity index (χ3n) is 2.32. The molecule has 0 saturated heterocycles. The van der Waals surface area contributed by atoms with Crippen molar-refractivity contribution in [2.75, 3.05) is 0 Å². The van der Waals surface area contributed by atoms with Crippen LogP contribution in [-0.2, 0) is 5.41 Å². The monoisotopic (exact) mass is 190 g/mol. The van der Waals surface area contributed by atoms with Gasteiger partial charge in [0, 0.05) is 0 Å². The summed E-state index contributed by atoms with van der Waals surface area (Å²) < 4.78 is 0. The highest BCUT2D eigenvalue weighted by molar-refractivity contribution is 5.31. The Balaban J connectivity index is 3.07. The lowest BCUT2D eigenvalue weighted by Crippen LogP contribution is -2.11. The highest BCUT2D eigenvalue weighted by Gasteiger charge is 2.14. The van der Waals surface area contributed by atoms with E-state index in [1.807, 2.05) is 18.2 Å². The molecule has 0 aliphatic rings. The number of hydrogen-bond acceptors (Lipinski definition) is 1. The van der Waals surface area contributed by atoms with E-state index >= 15 is 0 Å². The molecule has 0 aromatic heterocycles. The normalized spacial score (nSPS) is 13.7. The SMILES string of the molecule is C=CC(O)c1cccc(C(C)(C)C)c1. The third-order valence-corrected chi connectivity index (χ3v) is 2.32. The van der Waals surface area contributed by atoms with E-state index in [1.165, 1.54) is 5.56 Å². The van der Waals surface area contributed by atoms with Crippen molar-refractivity contribution < 1.29 is 5.11 Å². The summed E-state index contributed by atoms with van der Waals surface area (Å²) in [5.41, 5.74) is 2.26. The Kier molecular flexibility index (Phi) is 3.12. The van der Waals surface area contributed by atoms with E-state index < -0.39 is 6.10 Å². The highest BCUT2D eigenvalue weighted by atomic mass is 16.3. The second-order valence-corrected chi connectivity index (χ2v) is 4.56. The Bertz CT molecular complexity index is 320. The maximum Gasteiger partial charge on any atom is 0.0969 e. The van der Waals surface area contributed by atoms with Crippen molar-refractivity contribution in [1.29, 1.82) is 0 Å². The molecule has 0 saturated carbocycles. The Hall–Kier alpha value is -1.08. The van der Waals surface area contributed by atoms with Gasteiger partial charge >= 0.3 is 0 Å². The summed E-state index contributed by atoms with van der Waals surface area (Å²) in [5.74, 6) is 0. The Morgan fingerprint density at radius 2 is 2.00 bits per heavy atom. The third kappa shape index (κ3) is 2.46. The molecule has 14 heavy (non-hydrogen) atoms. The fourth-order valence-electron chi connectivity index (χ4n) is 1.33. The van der Waals surface area contributed by atoms with Gasteiger partial charge in [0.1, 0.15) is 0 Å². The van der Waals surface area contributed by atoms with Gasteiger partial charge in [0.15, 0.2) is 0 Å². The van der Waals surface area contributed by atoms with Crippen LogP contribution >= 0.6 is 0 Å². The van der Waals surface area contributed by atoms with Crippen LogP contribution in [0.5, 0.6) is 0 Å². The van der Waals surface area contributed by atoms with Crippen LogP contribution in [0, 0.1) is 0 Å². The first-order valence-electron chi connectivity index (χ1n) is 4.86. The number of benzene rings is 1. The summed E-state index contributed by atoms with van der Waals surface area (Å²) >= 11 is 0. The van der Waals surface area contributed by atoms with Gasteiger partial charge in [0.05, 0.1) is 6.10 Å².